The number of halogens is 1. The second-order valence-corrected chi connectivity index (χ2v) is 9.78. The number of rotatable bonds is 5. The summed E-state index contributed by atoms with van der Waals surface area (Å²) in [4.78, 5) is 14.0. The molecule has 2 aromatic heterocycles. The highest BCUT2D eigenvalue weighted by atomic mass is 35.5. The topological polar surface area (TPSA) is 38.4 Å². The van der Waals surface area contributed by atoms with Crippen molar-refractivity contribution in [1.29, 1.82) is 0 Å². The van der Waals surface area contributed by atoms with Gasteiger partial charge in [-0.05, 0) is 54.5 Å². The van der Waals surface area contributed by atoms with Crippen molar-refractivity contribution in [2.75, 3.05) is 5.32 Å². The molecular formula is C31H28ClN3O. The summed E-state index contributed by atoms with van der Waals surface area (Å²) in [7, 11) is 0. The average molecular weight is 494 g/mol. The number of nitrogens with one attached hydrogen (secondary N) is 1. The van der Waals surface area contributed by atoms with Crippen molar-refractivity contribution in [1.82, 2.24) is 8.97 Å². The standard InChI is InChI=1S/C31H28ClN3O/c1-2-21-15-17-23(18-16-21)28-24-12-8-9-19-34-27(22-10-4-3-5-11-22)20-35(31(24)34)29(28)30(36)33-26-14-7-6-13-25(26)32/h3-7,10-11,13-18,20H,2,8-9,12,19H2,1H3,(H,33,36). The molecule has 0 fully saturated rings. The van der Waals surface area contributed by atoms with E-state index in [0.717, 1.165) is 60.3 Å². The van der Waals surface area contributed by atoms with E-state index in [1.807, 2.05) is 24.3 Å². The maximum absolute atomic E-state index is 14.0. The van der Waals surface area contributed by atoms with E-state index in [9.17, 15) is 4.79 Å². The van der Waals surface area contributed by atoms with Gasteiger partial charge in [0.05, 0.1) is 16.4 Å². The van der Waals surface area contributed by atoms with E-state index in [0.29, 0.717) is 16.4 Å². The van der Waals surface area contributed by atoms with Crippen molar-refractivity contribution >= 4 is 28.8 Å². The quantitative estimate of drug-likeness (QED) is 0.265. The number of aryl methyl sites for hydroxylation is 3. The summed E-state index contributed by atoms with van der Waals surface area (Å²) in [6, 6.07) is 26.5. The molecule has 1 N–H and O–H groups in total. The lowest BCUT2D eigenvalue weighted by atomic mass is 9.96. The molecule has 3 heterocycles. The number of nitrogens with zero attached hydrogens (tertiary/aromatic N) is 2. The van der Waals surface area contributed by atoms with E-state index in [-0.39, 0.29) is 5.91 Å². The fourth-order valence-corrected chi connectivity index (χ4v) is 5.59. The Morgan fingerprint density at radius 3 is 2.42 bits per heavy atom. The Morgan fingerprint density at radius 1 is 0.917 bits per heavy atom. The van der Waals surface area contributed by atoms with Crippen molar-refractivity contribution in [3.05, 3.63) is 107 Å². The average Bonchev–Trinajstić information content (AvgIpc) is 3.33. The molecule has 1 aliphatic heterocycles. The molecule has 0 radical (unpaired) electrons. The number of carbonyl (C=O) groups is 1. The lowest BCUT2D eigenvalue weighted by Crippen LogP contribution is -2.15. The predicted molar refractivity (Wildman–Crippen MR) is 148 cm³/mol. The Kier molecular flexibility index (Phi) is 5.90. The molecule has 180 valence electrons. The van der Waals surface area contributed by atoms with Crippen LogP contribution in [0.3, 0.4) is 0 Å². The minimum atomic E-state index is -0.156. The summed E-state index contributed by atoms with van der Waals surface area (Å²) in [5, 5.41) is 3.62. The number of aromatic nitrogens is 2. The molecule has 5 aromatic rings. The molecule has 0 aliphatic carbocycles. The number of amides is 1. The fourth-order valence-electron chi connectivity index (χ4n) is 5.41. The molecule has 0 unspecified atom stereocenters. The molecule has 4 nitrogen and oxygen atoms in total. The van der Waals surface area contributed by atoms with Gasteiger partial charge in [0.2, 0.25) is 0 Å². The van der Waals surface area contributed by atoms with Crippen LogP contribution in [-0.2, 0) is 19.4 Å². The molecule has 0 bridgehead atoms. The van der Waals surface area contributed by atoms with Crippen LogP contribution in [0, 0.1) is 0 Å². The van der Waals surface area contributed by atoms with Gasteiger partial charge in [-0.2, -0.15) is 0 Å². The molecule has 0 atom stereocenters. The minimum Gasteiger partial charge on any atom is -0.325 e. The van der Waals surface area contributed by atoms with Crippen LogP contribution in [-0.4, -0.2) is 14.9 Å². The van der Waals surface area contributed by atoms with Crippen LogP contribution in [0.5, 0.6) is 0 Å². The van der Waals surface area contributed by atoms with Crippen LogP contribution < -0.4 is 5.32 Å². The van der Waals surface area contributed by atoms with Crippen molar-refractivity contribution in [3.8, 4) is 22.4 Å². The van der Waals surface area contributed by atoms with Crippen LogP contribution >= 0.6 is 11.6 Å². The Labute approximate surface area is 216 Å². The van der Waals surface area contributed by atoms with E-state index in [1.165, 1.54) is 11.1 Å². The van der Waals surface area contributed by atoms with Gasteiger partial charge in [0.15, 0.2) is 0 Å². The predicted octanol–water partition coefficient (Wildman–Crippen LogP) is 7.88. The maximum Gasteiger partial charge on any atom is 0.273 e. The molecular weight excluding hydrogens is 466 g/mol. The normalized spacial score (nSPS) is 13.1. The van der Waals surface area contributed by atoms with Crippen LogP contribution in [0.25, 0.3) is 28.0 Å². The molecule has 6 rings (SSSR count). The maximum atomic E-state index is 14.0. The van der Waals surface area contributed by atoms with Crippen LogP contribution in [0.2, 0.25) is 5.02 Å². The number of benzene rings is 3. The Morgan fingerprint density at radius 2 is 1.67 bits per heavy atom. The second kappa shape index (κ2) is 9.36. The fraction of sp³-hybridized carbons (Fsp3) is 0.194. The third-order valence-corrected chi connectivity index (χ3v) is 7.52. The summed E-state index contributed by atoms with van der Waals surface area (Å²) >= 11 is 6.41. The zero-order valence-electron chi connectivity index (χ0n) is 20.3. The molecule has 36 heavy (non-hydrogen) atoms. The van der Waals surface area contributed by atoms with Gasteiger partial charge in [-0.15, -0.1) is 0 Å². The largest absolute Gasteiger partial charge is 0.325 e. The molecule has 1 amide bonds. The molecule has 3 aromatic carbocycles. The van der Waals surface area contributed by atoms with E-state index in [4.69, 9.17) is 11.6 Å². The number of para-hydroxylation sites is 1. The smallest absolute Gasteiger partial charge is 0.273 e. The number of hydrogen-bond acceptors (Lipinski definition) is 1. The summed E-state index contributed by atoms with van der Waals surface area (Å²) in [5.41, 5.74) is 9.29. The van der Waals surface area contributed by atoms with Crippen molar-refractivity contribution in [3.63, 3.8) is 0 Å². The number of carbonyl (C=O) groups excluding carboxylic acids is 1. The number of hydrogen-bond donors (Lipinski definition) is 1. The van der Waals surface area contributed by atoms with Gasteiger partial charge in [-0.1, -0.05) is 85.3 Å². The van der Waals surface area contributed by atoms with Gasteiger partial charge in [-0.3, -0.25) is 9.20 Å². The summed E-state index contributed by atoms with van der Waals surface area (Å²) in [6.07, 6.45) is 6.24. The molecule has 0 saturated heterocycles. The van der Waals surface area contributed by atoms with Gasteiger partial charge in [0.25, 0.3) is 5.91 Å². The lowest BCUT2D eigenvalue weighted by Gasteiger charge is -2.11. The van der Waals surface area contributed by atoms with Crippen LogP contribution in [0.1, 0.15) is 41.4 Å². The second-order valence-electron chi connectivity index (χ2n) is 9.37. The zero-order valence-corrected chi connectivity index (χ0v) is 21.1. The first kappa shape index (κ1) is 22.7. The summed E-state index contributed by atoms with van der Waals surface area (Å²) in [6.45, 7) is 3.09. The van der Waals surface area contributed by atoms with Crippen LogP contribution in [0.4, 0.5) is 5.69 Å². The third-order valence-electron chi connectivity index (χ3n) is 7.19. The van der Waals surface area contributed by atoms with Gasteiger partial charge >= 0.3 is 0 Å². The van der Waals surface area contributed by atoms with E-state index in [2.05, 4.69) is 75.9 Å². The highest BCUT2D eigenvalue weighted by Gasteiger charge is 2.29. The molecule has 0 saturated carbocycles. The Hall–Kier alpha value is -3.76. The summed E-state index contributed by atoms with van der Waals surface area (Å²) < 4.78 is 4.51. The SMILES string of the molecule is CCc1ccc(-c2c3c4n(c(-c5ccccc5)cn4c2C(=O)Nc2ccccc2Cl)CCCC3)cc1. The van der Waals surface area contributed by atoms with Crippen molar-refractivity contribution in [2.24, 2.45) is 0 Å². The lowest BCUT2D eigenvalue weighted by molar-refractivity contribution is 0.102. The van der Waals surface area contributed by atoms with E-state index >= 15 is 0 Å². The summed E-state index contributed by atoms with van der Waals surface area (Å²) in [5.74, 6) is -0.156. The first-order chi connectivity index (χ1) is 17.7. The molecule has 1 aliphatic rings. The highest BCUT2D eigenvalue weighted by molar-refractivity contribution is 6.34. The molecule has 5 heteroatoms. The first-order valence-electron chi connectivity index (χ1n) is 12.6. The van der Waals surface area contributed by atoms with E-state index < -0.39 is 0 Å². The zero-order chi connectivity index (χ0) is 24.6. The third kappa shape index (κ3) is 3.82. The first-order valence-corrected chi connectivity index (χ1v) is 13.0. The highest BCUT2D eigenvalue weighted by Crippen LogP contribution is 2.40. The Balaban J connectivity index is 1.61. The van der Waals surface area contributed by atoms with Gasteiger partial charge in [0.1, 0.15) is 11.3 Å². The van der Waals surface area contributed by atoms with E-state index in [1.54, 1.807) is 6.07 Å². The monoisotopic (exact) mass is 493 g/mol. The van der Waals surface area contributed by atoms with Gasteiger partial charge in [-0.25, -0.2) is 0 Å². The molecule has 0 spiro atoms. The van der Waals surface area contributed by atoms with Gasteiger partial charge < -0.3 is 9.88 Å². The Bertz CT molecular complexity index is 1560. The van der Waals surface area contributed by atoms with Crippen LogP contribution in [0.15, 0.2) is 85.1 Å². The van der Waals surface area contributed by atoms with Crippen molar-refractivity contribution < 1.29 is 4.79 Å². The van der Waals surface area contributed by atoms with Crippen molar-refractivity contribution in [2.45, 2.75) is 39.2 Å². The number of imidazole rings is 1. The minimum absolute atomic E-state index is 0.156. The van der Waals surface area contributed by atoms with Gasteiger partial charge in [0, 0.05) is 23.9 Å². The number of anilines is 1.